The smallest absolute Gasteiger partial charge is 0.269 e. The normalized spacial score (nSPS) is 11.1. The van der Waals surface area contributed by atoms with E-state index in [1.54, 1.807) is 39.2 Å². The van der Waals surface area contributed by atoms with Gasteiger partial charge in [-0.15, -0.1) is 0 Å². The minimum atomic E-state index is -3.66. The number of sulfonamides is 1. The molecular weight excluding hydrogens is 406 g/mol. The number of rotatable bonds is 10. The number of hydrazine groups is 1. The van der Waals surface area contributed by atoms with Crippen LogP contribution in [0.4, 0.5) is 0 Å². The van der Waals surface area contributed by atoms with Crippen molar-refractivity contribution in [3.63, 3.8) is 0 Å². The Bertz CT molecular complexity index is 1020. The summed E-state index contributed by atoms with van der Waals surface area (Å²) in [6.45, 7) is 8.13. The van der Waals surface area contributed by atoms with Gasteiger partial charge in [0, 0.05) is 30.3 Å². The lowest BCUT2D eigenvalue weighted by Gasteiger charge is -2.19. The molecule has 162 valence electrons. The van der Waals surface area contributed by atoms with E-state index in [-0.39, 0.29) is 10.5 Å². The quantitative estimate of drug-likeness (QED) is 0.559. The lowest BCUT2D eigenvalue weighted by Crippen LogP contribution is -2.36. The van der Waals surface area contributed by atoms with Crippen LogP contribution in [0.15, 0.2) is 53.9 Å². The Morgan fingerprint density at radius 1 is 1.03 bits per heavy atom. The van der Waals surface area contributed by atoms with Crippen LogP contribution in [0.1, 0.15) is 29.8 Å². The Hall–Kier alpha value is -3.04. The third-order valence-electron chi connectivity index (χ3n) is 4.50. The first-order valence-corrected chi connectivity index (χ1v) is 10.8. The number of ether oxygens (including phenoxy) is 2. The molecule has 2 N–H and O–H groups in total. The summed E-state index contributed by atoms with van der Waals surface area (Å²) < 4.78 is 37.2. The van der Waals surface area contributed by atoms with E-state index in [9.17, 15) is 13.2 Å². The molecule has 1 amide bonds. The minimum absolute atomic E-state index is 0.0644. The van der Waals surface area contributed by atoms with Crippen molar-refractivity contribution < 1.29 is 22.7 Å². The first-order chi connectivity index (χ1) is 14.3. The van der Waals surface area contributed by atoms with Crippen molar-refractivity contribution in [1.82, 2.24) is 15.2 Å². The van der Waals surface area contributed by atoms with Gasteiger partial charge >= 0.3 is 0 Å². The van der Waals surface area contributed by atoms with E-state index in [0.717, 1.165) is 0 Å². The molecule has 0 aliphatic heterocycles. The Morgan fingerprint density at radius 2 is 1.73 bits per heavy atom. The molecule has 0 aliphatic carbocycles. The zero-order valence-corrected chi connectivity index (χ0v) is 18.4. The molecule has 0 unspecified atom stereocenters. The summed E-state index contributed by atoms with van der Waals surface area (Å²) in [6.07, 6.45) is 0. The largest absolute Gasteiger partial charge is 0.497 e. The van der Waals surface area contributed by atoms with E-state index in [1.807, 2.05) is 0 Å². The van der Waals surface area contributed by atoms with Crippen LogP contribution in [-0.2, 0) is 10.0 Å². The van der Waals surface area contributed by atoms with Gasteiger partial charge in [0.1, 0.15) is 11.5 Å². The molecule has 0 aromatic heterocycles. The van der Waals surface area contributed by atoms with E-state index in [4.69, 9.17) is 9.47 Å². The highest BCUT2D eigenvalue weighted by Crippen LogP contribution is 2.28. The number of nitrogens with one attached hydrogen (secondary N) is 2. The monoisotopic (exact) mass is 433 g/mol. The summed E-state index contributed by atoms with van der Waals surface area (Å²) in [5, 5.41) is 0. The molecule has 0 bridgehead atoms. The SMILES string of the molecule is C=C(NNC(=O)c1cccc(S(=O)(=O)N(CC)CC)c1)c1ccc(OC)cc1OC. The van der Waals surface area contributed by atoms with E-state index in [2.05, 4.69) is 17.4 Å². The van der Waals surface area contributed by atoms with Crippen LogP contribution >= 0.6 is 0 Å². The summed E-state index contributed by atoms with van der Waals surface area (Å²) in [4.78, 5) is 12.6. The van der Waals surface area contributed by atoms with Gasteiger partial charge in [-0.2, -0.15) is 4.31 Å². The highest BCUT2D eigenvalue weighted by molar-refractivity contribution is 7.89. The third-order valence-corrected chi connectivity index (χ3v) is 6.55. The highest BCUT2D eigenvalue weighted by Gasteiger charge is 2.22. The van der Waals surface area contributed by atoms with Crippen LogP contribution in [0.3, 0.4) is 0 Å². The zero-order valence-electron chi connectivity index (χ0n) is 17.6. The summed E-state index contributed by atoms with van der Waals surface area (Å²) in [6, 6.07) is 11.1. The van der Waals surface area contributed by atoms with E-state index < -0.39 is 15.9 Å². The maximum Gasteiger partial charge on any atom is 0.269 e. The minimum Gasteiger partial charge on any atom is -0.497 e. The van der Waals surface area contributed by atoms with Gasteiger partial charge in [0.2, 0.25) is 10.0 Å². The van der Waals surface area contributed by atoms with Crippen LogP contribution in [0.25, 0.3) is 5.70 Å². The predicted molar refractivity (Wildman–Crippen MR) is 116 cm³/mol. The number of hydrogen-bond donors (Lipinski definition) is 2. The molecule has 0 saturated heterocycles. The molecule has 9 heteroatoms. The van der Waals surface area contributed by atoms with Gasteiger partial charge in [-0.25, -0.2) is 8.42 Å². The molecule has 0 aliphatic rings. The van der Waals surface area contributed by atoms with E-state index >= 15 is 0 Å². The Balaban J connectivity index is 2.15. The first kappa shape index (κ1) is 23.2. The van der Waals surface area contributed by atoms with Gasteiger partial charge in [-0.1, -0.05) is 26.5 Å². The Kier molecular flexibility index (Phi) is 7.85. The van der Waals surface area contributed by atoms with E-state index in [1.165, 1.54) is 35.7 Å². The molecular formula is C21H27N3O5S. The fraction of sp³-hybridized carbons (Fsp3) is 0.286. The summed E-state index contributed by atoms with van der Waals surface area (Å²) >= 11 is 0. The lowest BCUT2D eigenvalue weighted by atomic mass is 10.1. The molecule has 0 atom stereocenters. The fourth-order valence-corrected chi connectivity index (χ4v) is 4.33. The number of carbonyl (C=O) groups excluding carboxylic acids is 1. The molecule has 0 spiro atoms. The summed E-state index contributed by atoms with van der Waals surface area (Å²) in [5.41, 5.74) is 6.50. The molecule has 0 saturated carbocycles. The molecule has 8 nitrogen and oxygen atoms in total. The topological polar surface area (TPSA) is 97.0 Å². The summed E-state index contributed by atoms with van der Waals surface area (Å²) in [7, 11) is -0.588. The van der Waals surface area contributed by atoms with Crippen molar-refractivity contribution in [2.24, 2.45) is 0 Å². The van der Waals surface area contributed by atoms with Crippen LogP contribution in [0.2, 0.25) is 0 Å². The Labute approximate surface area is 177 Å². The van der Waals surface area contributed by atoms with Gasteiger partial charge in [-0.05, 0) is 30.3 Å². The summed E-state index contributed by atoms with van der Waals surface area (Å²) in [5.74, 6) is 0.646. The third kappa shape index (κ3) is 5.11. The first-order valence-electron chi connectivity index (χ1n) is 9.36. The number of benzene rings is 2. The van der Waals surface area contributed by atoms with Gasteiger partial charge in [-0.3, -0.25) is 15.6 Å². The van der Waals surface area contributed by atoms with Crippen molar-refractivity contribution in [2.75, 3.05) is 27.3 Å². The Morgan fingerprint density at radius 3 is 2.33 bits per heavy atom. The maximum absolute atomic E-state index is 12.7. The zero-order chi connectivity index (χ0) is 22.3. The van der Waals surface area contributed by atoms with Gasteiger partial charge < -0.3 is 9.47 Å². The highest BCUT2D eigenvalue weighted by atomic mass is 32.2. The molecule has 2 aromatic rings. The van der Waals surface area contributed by atoms with E-state index in [0.29, 0.717) is 35.8 Å². The molecule has 0 fully saturated rings. The molecule has 2 aromatic carbocycles. The fourth-order valence-electron chi connectivity index (χ4n) is 2.83. The van der Waals surface area contributed by atoms with Crippen LogP contribution < -0.4 is 20.3 Å². The molecule has 0 heterocycles. The van der Waals surface area contributed by atoms with Crippen LogP contribution in [0, 0.1) is 0 Å². The number of methoxy groups -OCH3 is 2. The number of carbonyl (C=O) groups is 1. The number of amides is 1. The van der Waals surface area contributed by atoms with Crippen molar-refractivity contribution in [3.05, 3.63) is 60.2 Å². The van der Waals surface area contributed by atoms with Crippen LogP contribution in [-0.4, -0.2) is 45.9 Å². The molecule has 30 heavy (non-hydrogen) atoms. The maximum atomic E-state index is 12.7. The number of hydrogen-bond acceptors (Lipinski definition) is 6. The predicted octanol–water partition coefficient (Wildman–Crippen LogP) is 2.64. The molecule has 2 rings (SSSR count). The number of nitrogens with zero attached hydrogens (tertiary/aromatic N) is 1. The van der Waals surface area contributed by atoms with Gasteiger partial charge in [0.05, 0.1) is 24.8 Å². The standard InChI is InChI=1S/C21H27N3O5S/c1-6-24(7-2)30(26,27)18-10-8-9-16(13-18)21(25)23-22-15(3)19-12-11-17(28-4)14-20(19)29-5/h8-14,22H,3,6-7H2,1-2,4-5H3,(H,23,25). The average Bonchev–Trinajstić information content (AvgIpc) is 2.77. The second kappa shape index (κ2) is 10.1. The van der Waals surface area contributed by atoms with Crippen molar-refractivity contribution in [2.45, 2.75) is 18.7 Å². The van der Waals surface area contributed by atoms with Crippen LogP contribution in [0.5, 0.6) is 11.5 Å². The molecule has 0 radical (unpaired) electrons. The average molecular weight is 434 g/mol. The van der Waals surface area contributed by atoms with Crippen molar-refractivity contribution in [1.29, 1.82) is 0 Å². The van der Waals surface area contributed by atoms with Gasteiger partial charge in [0.25, 0.3) is 5.91 Å². The second-order valence-corrected chi connectivity index (χ2v) is 8.18. The second-order valence-electron chi connectivity index (χ2n) is 6.24. The van der Waals surface area contributed by atoms with Gasteiger partial charge in [0.15, 0.2) is 0 Å². The van der Waals surface area contributed by atoms with Crippen molar-refractivity contribution >= 4 is 21.6 Å². The van der Waals surface area contributed by atoms with Crippen molar-refractivity contribution in [3.8, 4) is 11.5 Å². The lowest BCUT2D eigenvalue weighted by molar-refractivity contribution is 0.0942.